The standard InChI is InChI=1S/C9H6F3NO2/c1-4(15)13-9-5(3-14)2-6(10)7(11)8(9)12/h2-3H,1H3,(H,13,15). The molecule has 0 atom stereocenters. The third kappa shape index (κ3) is 2.15. The number of anilines is 1. The van der Waals surface area contributed by atoms with Crippen molar-refractivity contribution in [1.29, 1.82) is 0 Å². The molecule has 1 rings (SSSR count). The normalized spacial score (nSPS) is 9.87. The Balaban J connectivity index is 3.39. The van der Waals surface area contributed by atoms with Gasteiger partial charge in [-0.3, -0.25) is 9.59 Å². The smallest absolute Gasteiger partial charge is 0.221 e. The van der Waals surface area contributed by atoms with Crippen molar-refractivity contribution >= 4 is 17.9 Å². The Morgan fingerprint density at radius 2 is 1.93 bits per heavy atom. The Hall–Kier alpha value is -1.85. The highest BCUT2D eigenvalue weighted by Crippen LogP contribution is 2.23. The number of aldehydes is 1. The number of carbonyl (C=O) groups is 2. The van der Waals surface area contributed by atoms with Crippen LogP contribution in [0.5, 0.6) is 0 Å². The molecule has 0 fully saturated rings. The van der Waals surface area contributed by atoms with E-state index in [-0.39, 0.29) is 6.29 Å². The van der Waals surface area contributed by atoms with E-state index in [1.807, 2.05) is 5.32 Å². The fraction of sp³-hybridized carbons (Fsp3) is 0.111. The van der Waals surface area contributed by atoms with Gasteiger partial charge in [0.25, 0.3) is 0 Å². The molecule has 0 radical (unpaired) electrons. The highest BCUT2D eigenvalue weighted by Gasteiger charge is 2.18. The molecule has 0 aromatic heterocycles. The van der Waals surface area contributed by atoms with Crippen LogP contribution in [0.2, 0.25) is 0 Å². The number of amides is 1. The van der Waals surface area contributed by atoms with Crippen molar-refractivity contribution in [2.45, 2.75) is 6.92 Å². The van der Waals surface area contributed by atoms with Crippen LogP contribution in [0.3, 0.4) is 0 Å². The van der Waals surface area contributed by atoms with Crippen LogP contribution in [0.15, 0.2) is 6.07 Å². The molecule has 0 aliphatic rings. The summed E-state index contributed by atoms with van der Waals surface area (Å²) in [5.74, 6) is -5.50. The predicted octanol–water partition coefficient (Wildman–Crippen LogP) is 1.87. The maximum Gasteiger partial charge on any atom is 0.221 e. The minimum Gasteiger partial charge on any atom is -0.323 e. The van der Waals surface area contributed by atoms with Gasteiger partial charge < -0.3 is 5.32 Å². The second kappa shape index (κ2) is 4.12. The molecule has 0 saturated heterocycles. The molecule has 6 heteroatoms. The molecule has 3 nitrogen and oxygen atoms in total. The highest BCUT2D eigenvalue weighted by molar-refractivity contribution is 5.95. The van der Waals surface area contributed by atoms with E-state index in [1.165, 1.54) is 0 Å². The first-order chi connectivity index (χ1) is 6.97. The second-order valence-corrected chi connectivity index (χ2v) is 2.75. The van der Waals surface area contributed by atoms with E-state index in [4.69, 9.17) is 0 Å². The monoisotopic (exact) mass is 217 g/mol. The molecule has 0 bridgehead atoms. The van der Waals surface area contributed by atoms with E-state index in [0.717, 1.165) is 6.92 Å². The van der Waals surface area contributed by atoms with Gasteiger partial charge in [-0.25, -0.2) is 13.2 Å². The van der Waals surface area contributed by atoms with Gasteiger partial charge in [0, 0.05) is 12.5 Å². The number of hydrogen-bond acceptors (Lipinski definition) is 2. The van der Waals surface area contributed by atoms with E-state index in [2.05, 4.69) is 0 Å². The molecule has 80 valence electrons. The summed E-state index contributed by atoms with van der Waals surface area (Å²) in [4.78, 5) is 21.0. The fourth-order valence-corrected chi connectivity index (χ4v) is 1.01. The number of halogens is 3. The van der Waals surface area contributed by atoms with Crippen LogP contribution in [0, 0.1) is 17.5 Å². The Bertz CT molecular complexity index is 432. The maximum absolute atomic E-state index is 13.1. The molecular weight excluding hydrogens is 211 g/mol. The molecule has 0 unspecified atom stereocenters. The summed E-state index contributed by atoms with van der Waals surface area (Å²) in [5.41, 5.74) is -1.11. The molecule has 0 aliphatic heterocycles. The lowest BCUT2D eigenvalue weighted by Crippen LogP contribution is -2.12. The van der Waals surface area contributed by atoms with E-state index in [1.54, 1.807) is 0 Å². The van der Waals surface area contributed by atoms with Crippen molar-refractivity contribution in [3.05, 3.63) is 29.1 Å². The topological polar surface area (TPSA) is 46.2 Å². The zero-order chi connectivity index (χ0) is 11.6. The molecule has 1 amide bonds. The van der Waals surface area contributed by atoms with Gasteiger partial charge in [0.05, 0.1) is 5.69 Å². The van der Waals surface area contributed by atoms with Gasteiger partial charge in [0.1, 0.15) is 0 Å². The summed E-state index contributed by atoms with van der Waals surface area (Å²) in [6.07, 6.45) is 0.122. The number of carbonyl (C=O) groups excluding carboxylic acids is 2. The number of nitrogens with one attached hydrogen (secondary N) is 1. The van der Waals surface area contributed by atoms with Crippen LogP contribution >= 0.6 is 0 Å². The Morgan fingerprint density at radius 3 is 2.40 bits per heavy atom. The molecule has 15 heavy (non-hydrogen) atoms. The van der Waals surface area contributed by atoms with Gasteiger partial charge in [-0.2, -0.15) is 0 Å². The number of benzene rings is 1. The van der Waals surface area contributed by atoms with Crippen LogP contribution in [-0.2, 0) is 4.79 Å². The molecule has 0 spiro atoms. The van der Waals surface area contributed by atoms with Crippen LogP contribution in [0.25, 0.3) is 0 Å². The minimum absolute atomic E-state index is 0.122. The van der Waals surface area contributed by atoms with Gasteiger partial charge in [0.15, 0.2) is 23.7 Å². The van der Waals surface area contributed by atoms with Crippen molar-refractivity contribution in [3.8, 4) is 0 Å². The van der Waals surface area contributed by atoms with Crippen molar-refractivity contribution < 1.29 is 22.8 Å². The maximum atomic E-state index is 13.1. The lowest BCUT2D eigenvalue weighted by molar-refractivity contribution is -0.114. The van der Waals surface area contributed by atoms with Gasteiger partial charge in [-0.05, 0) is 6.07 Å². The summed E-state index contributed by atoms with van der Waals surface area (Å²) in [7, 11) is 0. The largest absolute Gasteiger partial charge is 0.323 e. The molecule has 1 N–H and O–H groups in total. The fourth-order valence-electron chi connectivity index (χ4n) is 1.01. The van der Waals surface area contributed by atoms with Crippen molar-refractivity contribution in [3.63, 3.8) is 0 Å². The summed E-state index contributed by atoms with van der Waals surface area (Å²) in [6, 6.07) is 0.511. The number of rotatable bonds is 2. The third-order valence-corrected chi connectivity index (χ3v) is 1.62. The minimum atomic E-state index is -1.73. The van der Waals surface area contributed by atoms with Crippen molar-refractivity contribution in [1.82, 2.24) is 0 Å². The first-order valence-electron chi connectivity index (χ1n) is 3.87. The molecule has 1 aromatic carbocycles. The summed E-state index contributed by atoms with van der Waals surface area (Å²) in [6.45, 7) is 1.05. The first kappa shape index (κ1) is 11.2. The van der Waals surface area contributed by atoms with E-state index < -0.39 is 34.6 Å². The molecule has 1 aromatic rings. The van der Waals surface area contributed by atoms with Crippen LogP contribution in [0.1, 0.15) is 17.3 Å². The molecule has 0 heterocycles. The van der Waals surface area contributed by atoms with Crippen molar-refractivity contribution in [2.75, 3.05) is 5.32 Å². The van der Waals surface area contributed by atoms with E-state index in [0.29, 0.717) is 6.07 Å². The lowest BCUT2D eigenvalue weighted by atomic mass is 10.1. The van der Waals surface area contributed by atoms with Gasteiger partial charge in [0.2, 0.25) is 5.91 Å². The van der Waals surface area contributed by atoms with Gasteiger partial charge in [-0.1, -0.05) is 0 Å². The Kier molecular flexibility index (Phi) is 3.08. The number of hydrogen-bond donors (Lipinski definition) is 1. The highest BCUT2D eigenvalue weighted by atomic mass is 19.2. The van der Waals surface area contributed by atoms with E-state index in [9.17, 15) is 22.8 Å². The average Bonchev–Trinajstić information content (AvgIpc) is 2.18. The second-order valence-electron chi connectivity index (χ2n) is 2.75. The van der Waals surface area contributed by atoms with Crippen LogP contribution in [0.4, 0.5) is 18.9 Å². The Morgan fingerprint density at radius 1 is 1.33 bits per heavy atom. The zero-order valence-electron chi connectivity index (χ0n) is 7.61. The molecule has 0 saturated carbocycles. The SMILES string of the molecule is CC(=O)Nc1c(C=O)cc(F)c(F)c1F. The van der Waals surface area contributed by atoms with Gasteiger partial charge in [-0.15, -0.1) is 0 Å². The first-order valence-corrected chi connectivity index (χ1v) is 3.87. The Labute approximate surface area is 82.9 Å². The predicted molar refractivity (Wildman–Crippen MR) is 46.0 cm³/mol. The quantitative estimate of drug-likeness (QED) is 0.607. The van der Waals surface area contributed by atoms with Crippen molar-refractivity contribution in [2.24, 2.45) is 0 Å². The van der Waals surface area contributed by atoms with E-state index >= 15 is 0 Å². The molecular formula is C9H6F3NO2. The molecule has 0 aliphatic carbocycles. The van der Waals surface area contributed by atoms with Gasteiger partial charge >= 0.3 is 0 Å². The average molecular weight is 217 g/mol. The lowest BCUT2D eigenvalue weighted by Gasteiger charge is -2.07. The van der Waals surface area contributed by atoms with Crippen LogP contribution in [-0.4, -0.2) is 12.2 Å². The van der Waals surface area contributed by atoms with Crippen LogP contribution < -0.4 is 5.32 Å². The third-order valence-electron chi connectivity index (χ3n) is 1.62. The zero-order valence-corrected chi connectivity index (χ0v) is 7.61. The summed E-state index contributed by atoms with van der Waals surface area (Å²) >= 11 is 0. The summed E-state index contributed by atoms with van der Waals surface area (Å²) < 4.78 is 38.5. The summed E-state index contributed by atoms with van der Waals surface area (Å²) in [5, 5.41) is 1.91.